The molecule has 142 valence electrons. The molecule has 0 N–H and O–H groups in total. The highest BCUT2D eigenvalue weighted by atomic mass is 16.5. The van der Waals surface area contributed by atoms with Crippen LogP contribution in [0.2, 0.25) is 0 Å². The maximum absolute atomic E-state index is 6.04. The number of rotatable bonds is 4. The molecule has 2 atom stereocenters. The Morgan fingerprint density at radius 2 is 2.00 bits per heavy atom. The van der Waals surface area contributed by atoms with E-state index < -0.39 is 0 Å². The first-order chi connectivity index (χ1) is 13.8. The van der Waals surface area contributed by atoms with E-state index in [9.17, 15) is 0 Å². The second kappa shape index (κ2) is 7.05. The van der Waals surface area contributed by atoms with Crippen molar-refractivity contribution in [1.82, 2.24) is 29.7 Å². The third-order valence-electron chi connectivity index (χ3n) is 5.07. The Labute approximate surface area is 161 Å². The van der Waals surface area contributed by atoms with Gasteiger partial charge in [0.05, 0.1) is 17.3 Å². The lowest BCUT2D eigenvalue weighted by molar-refractivity contribution is -0.0148. The van der Waals surface area contributed by atoms with E-state index in [1.165, 1.54) is 0 Å². The number of nitrogens with zero attached hydrogens (tertiary/aromatic N) is 6. The van der Waals surface area contributed by atoms with Gasteiger partial charge in [-0.3, -0.25) is 4.68 Å². The number of aryl methyl sites for hydroxylation is 1. The molecule has 8 heteroatoms. The van der Waals surface area contributed by atoms with Gasteiger partial charge < -0.3 is 9.26 Å². The number of hydrogen-bond donors (Lipinski definition) is 0. The highest BCUT2D eigenvalue weighted by Crippen LogP contribution is 2.40. The molecule has 0 saturated carbocycles. The molecule has 1 aliphatic heterocycles. The molecule has 1 saturated heterocycles. The van der Waals surface area contributed by atoms with Crippen molar-refractivity contribution in [3.63, 3.8) is 0 Å². The van der Waals surface area contributed by atoms with Crippen LogP contribution in [0.5, 0.6) is 0 Å². The van der Waals surface area contributed by atoms with Gasteiger partial charge in [-0.1, -0.05) is 23.4 Å². The maximum atomic E-state index is 6.04. The van der Waals surface area contributed by atoms with Crippen LogP contribution in [0.15, 0.2) is 59.4 Å². The van der Waals surface area contributed by atoms with Crippen molar-refractivity contribution in [2.75, 3.05) is 6.61 Å². The van der Waals surface area contributed by atoms with Crippen LogP contribution in [-0.2, 0) is 11.8 Å². The highest BCUT2D eigenvalue weighted by molar-refractivity contribution is 5.48. The molecule has 4 aromatic rings. The summed E-state index contributed by atoms with van der Waals surface area (Å²) in [5, 5.41) is 13.0. The highest BCUT2D eigenvalue weighted by Gasteiger charge is 2.35. The van der Waals surface area contributed by atoms with E-state index in [1.807, 2.05) is 60.4 Å². The lowest BCUT2D eigenvalue weighted by Gasteiger charge is -2.29. The van der Waals surface area contributed by atoms with Crippen LogP contribution in [0.3, 0.4) is 0 Å². The van der Waals surface area contributed by atoms with E-state index in [-0.39, 0.29) is 12.0 Å². The minimum atomic E-state index is -0.142. The van der Waals surface area contributed by atoms with Gasteiger partial charge in [-0.2, -0.15) is 15.2 Å². The Balaban J connectivity index is 1.43. The predicted octanol–water partition coefficient (Wildman–Crippen LogP) is 3.29. The van der Waals surface area contributed by atoms with Crippen LogP contribution in [0.25, 0.3) is 17.2 Å². The number of hydrogen-bond acceptors (Lipinski definition) is 6. The van der Waals surface area contributed by atoms with Crippen LogP contribution in [-0.4, -0.2) is 36.3 Å². The van der Waals surface area contributed by atoms with Gasteiger partial charge >= 0.3 is 0 Å². The molecule has 1 fully saturated rings. The first kappa shape index (κ1) is 16.9. The molecule has 8 nitrogen and oxygen atoms in total. The van der Waals surface area contributed by atoms with Gasteiger partial charge in [-0.05, 0) is 37.1 Å². The van der Waals surface area contributed by atoms with Crippen molar-refractivity contribution in [1.29, 1.82) is 0 Å². The van der Waals surface area contributed by atoms with E-state index in [4.69, 9.17) is 9.26 Å². The summed E-state index contributed by atoms with van der Waals surface area (Å²) in [6, 6.07) is 13.8. The Morgan fingerprint density at radius 1 is 1.11 bits per heavy atom. The van der Waals surface area contributed by atoms with Crippen molar-refractivity contribution >= 4 is 0 Å². The van der Waals surface area contributed by atoms with Crippen molar-refractivity contribution in [2.24, 2.45) is 7.05 Å². The molecule has 5 rings (SSSR count). The fourth-order valence-electron chi connectivity index (χ4n) is 3.65. The third kappa shape index (κ3) is 3.01. The van der Waals surface area contributed by atoms with Crippen LogP contribution >= 0.6 is 0 Å². The predicted molar refractivity (Wildman–Crippen MR) is 101 cm³/mol. The van der Waals surface area contributed by atoms with Crippen molar-refractivity contribution in [3.05, 3.63) is 66.4 Å². The van der Waals surface area contributed by atoms with Gasteiger partial charge in [-0.25, -0.2) is 4.68 Å². The number of para-hydroxylation sites is 1. The summed E-state index contributed by atoms with van der Waals surface area (Å²) >= 11 is 0. The topological polar surface area (TPSA) is 83.8 Å². The standard InChI is InChI=1S/C20H20N6O2/c1-25-17(9-11-21-25)18-15(8-5-13-27-18)20-22-19(24-28-20)16-10-12-26(23-16)14-6-3-2-4-7-14/h2-4,6-7,9-12,15,18H,5,8,13H2,1H3/t15-,18-/m1/s1. The smallest absolute Gasteiger partial charge is 0.233 e. The number of benzene rings is 1. The van der Waals surface area contributed by atoms with Gasteiger partial charge in [0.2, 0.25) is 11.7 Å². The zero-order valence-electron chi connectivity index (χ0n) is 15.5. The normalized spacial score (nSPS) is 19.8. The summed E-state index contributed by atoms with van der Waals surface area (Å²) in [5.41, 5.74) is 2.67. The summed E-state index contributed by atoms with van der Waals surface area (Å²) in [7, 11) is 1.92. The molecule has 0 radical (unpaired) electrons. The maximum Gasteiger partial charge on any atom is 0.233 e. The third-order valence-corrected chi connectivity index (χ3v) is 5.07. The van der Waals surface area contributed by atoms with Gasteiger partial charge in [0.15, 0.2) is 0 Å². The van der Waals surface area contributed by atoms with E-state index >= 15 is 0 Å². The fourth-order valence-corrected chi connectivity index (χ4v) is 3.65. The SMILES string of the molecule is Cn1nccc1[C@@H]1OCCC[C@H]1c1nc(-c2ccn(-c3ccccc3)n2)no1. The Bertz CT molecular complexity index is 1070. The van der Waals surface area contributed by atoms with Crippen molar-refractivity contribution < 1.29 is 9.26 Å². The van der Waals surface area contributed by atoms with E-state index in [2.05, 4.69) is 20.3 Å². The lowest BCUT2D eigenvalue weighted by Crippen LogP contribution is -2.23. The van der Waals surface area contributed by atoms with Crippen LogP contribution in [0.4, 0.5) is 0 Å². The van der Waals surface area contributed by atoms with E-state index in [1.54, 1.807) is 10.9 Å². The zero-order valence-corrected chi connectivity index (χ0v) is 15.5. The first-order valence-corrected chi connectivity index (χ1v) is 9.34. The Morgan fingerprint density at radius 3 is 2.82 bits per heavy atom. The van der Waals surface area contributed by atoms with Gasteiger partial charge in [0, 0.05) is 26.0 Å². The summed E-state index contributed by atoms with van der Waals surface area (Å²) < 4.78 is 15.3. The summed E-state index contributed by atoms with van der Waals surface area (Å²) in [6.07, 6.45) is 5.41. The van der Waals surface area contributed by atoms with Gasteiger partial charge in [0.25, 0.3) is 0 Å². The molecular formula is C20H20N6O2. The summed E-state index contributed by atoms with van der Waals surface area (Å²) in [5.74, 6) is 1.07. The molecule has 4 heterocycles. The molecular weight excluding hydrogens is 356 g/mol. The minimum absolute atomic E-state index is 0.00149. The summed E-state index contributed by atoms with van der Waals surface area (Å²) in [4.78, 5) is 4.64. The minimum Gasteiger partial charge on any atom is -0.371 e. The quantitative estimate of drug-likeness (QED) is 0.543. The average Bonchev–Trinajstić information content (AvgIpc) is 3.49. The van der Waals surface area contributed by atoms with Crippen molar-refractivity contribution in [2.45, 2.75) is 24.9 Å². The zero-order chi connectivity index (χ0) is 18.9. The Hall–Kier alpha value is -3.26. The molecule has 3 aromatic heterocycles. The molecule has 0 spiro atoms. The fraction of sp³-hybridized carbons (Fsp3) is 0.300. The van der Waals surface area contributed by atoms with Crippen LogP contribution < -0.4 is 0 Å². The Kier molecular flexibility index (Phi) is 4.25. The molecule has 0 unspecified atom stereocenters. The van der Waals surface area contributed by atoms with Crippen LogP contribution in [0.1, 0.15) is 36.4 Å². The number of aromatic nitrogens is 6. The molecule has 1 aromatic carbocycles. The monoisotopic (exact) mass is 376 g/mol. The molecule has 1 aliphatic rings. The lowest BCUT2D eigenvalue weighted by atomic mass is 9.92. The second-order valence-electron chi connectivity index (χ2n) is 6.86. The molecule has 0 bridgehead atoms. The van der Waals surface area contributed by atoms with Crippen molar-refractivity contribution in [3.8, 4) is 17.2 Å². The van der Waals surface area contributed by atoms with Gasteiger partial charge in [-0.15, -0.1) is 0 Å². The second-order valence-corrected chi connectivity index (χ2v) is 6.86. The van der Waals surface area contributed by atoms with Crippen LogP contribution in [0, 0.1) is 0 Å². The molecule has 0 amide bonds. The van der Waals surface area contributed by atoms with Gasteiger partial charge in [0.1, 0.15) is 11.8 Å². The summed E-state index contributed by atoms with van der Waals surface area (Å²) in [6.45, 7) is 0.717. The largest absolute Gasteiger partial charge is 0.371 e. The number of ether oxygens (including phenoxy) is 1. The van der Waals surface area contributed by atoms with E-state index in [0.717, 1.165) is 30.8 Å². The first-order valence-electron chi connectivity index (χ1n) is 9.34. The molecule has 28 heavy (non-hydrogen) atoms. The average molecular weight is 376 g/mol. The van der Waals surface area contributed by atoms with E-state index in [0.29, 0.717) is 17.4 Å². The molecule has 0 aliphatic carbocycles.